The molecule has 3 atom stereocenters. The van der Waals surface area contributed by atoms with Gasteiger partial charge in [0.1, 0.15) is 5.75 Å². The summed E-state index contributed by atoms with van der Waals surface area (Å²) < 4.78 is 5.74. The Morgan fingerprint density at radius 1 is 1.43 bits per heavy atom. The van der Waals surface area contributed by atoms with Crippen LogP contribution in [-0.2, 0) is 4.74 Å². The molecule has 21 heavy (non-hydrogen) atoms. The molecule has 1 heterocycles. The van der Waals surface area contributed by atoms with E-state index >= 15 is 0 Å². The lowest BCUT2D eigenvalue weighted by molar-refractivity contribution is 0.0299. The average molecular weight is 292 g/mol. The molecule has 2 N–H and O–H groups in total. The maximum Gasteiger partial charge on any atom is 0.122 e. The molecule has 1 aliphatic heterocycles. The number of anilines is 1. The van der Waals surface area contributed by atoms with Crippen molar-refractivity contribution in [3.63, 3.8) is 0 Å². The molecule has 1 fully saturated rings. The molecular formula is C17H28N2O2. The van der Waals surface area contributed by atoms with Gasteiger partial charge in [0.05, 0.1) is 18.8 Å². The van der Waals surface area contributed by atoms with Crippen molar-refractivity contribution in [3.05, 3.63) is 23.8 Å². The number of hydrogen-bond acceptors (Lipinski definition) is 4. The van der Waals surface area contributed by atoms with Crippen molar-refractivity contribution in [2.45, 2.75) is 52.3 Å². The first kappa shape index (κ1) is 16.1. The van der Waals surface area contributed by atoms with Gasteiger partial charge in [-0.2, -0.15) is 0 Å². The van der Waals surface area contributed by atoms with Crippen molar-refractivity contribution in [2.75, 3.05) is 24.6 Å². The van der Waals surface area contributed by atoms with Crippen LogP contribution in [0.5, 0.6) is 5.75 Å². The summed E-state index contributed by atoms with van der Waals surface area (Å²) in [6, 6.07) is 6.59. The Bertz CT molecular complexity index is 464. The van der Waals surface area contributed by atoms with Crippen LogP contribution >= 0.6 is 0 Å². The van der Waals surface area contributed by atoms with Gasteiger partial charge in [-0.05, 0) is 32.9 Å². The van der Waals surface area contributed by atoms with E-state index < -0.39 is 0 Å². The van der Waals surface area contributed by atoms with E-state index in [9.17, 15) is 5.11 Å². The molecule has 0 radical (unpaired) electrons. The number of phenolic OH excluding ortho intramolecular Hbond substituents is 1. The third kappa shape index (κ3) is 3.69. The molecule has 0 aromatic heterocycles. The lowest BCUT2D eigenvalue weighted by Gasteiger charge is -2.40. The molecule has 0 amide bonds. The lowest BCUT2D eigenvalue weighted by Crippen LogP contribution is -2.48. The summed E-state index contributed by atoms with van der Waals surface area (Å²) in [5.74, 6) is 0.370. The molecule has 1 aromatic rings. The van der Waals surface area contributed by atoms with E-state index in [1.54, 1.807) is 0 Å². The molecule has 0 bridgehead atoms. The highest BCUT2D eigenvalue weighted by molar-refractivity contribution is 5.55. The van der Waals surface area contributed by atoms with Gasteiger partial charge in [0.25, 0.3) is 0 Å². The second-order valence-corrected chi connectivity index (χ2v) is 5.88. The SMILES string of the molecule is CCNC(C)c1ccc(N2CC(C)OCC2CC)cc1O. The number of benzene rings is 1. The Hall–Kier alpha value is -1.26. The maximum atomic E-state index is 10.3. The van der Waals surface area contributed by atoms with Crippen LogP contribution in [0.4, 0.5) is 5.69 Å². The number of nitrogens with zero attached hydrogens (tertiary/aromatic N) is 1. The van der Waals surface area contributed by atoms with Crippen LogP contribution in [0.15, 0.2) is 18.2 Å². The highest BCUT2D eigenvalue weighted by atomic mass is 16.5. The van der Waals surface area contributed by atoms with Gasteiger partial charge in [-0.15, -0.1) is 0 Å². The molecule has 0 saturated carbocycles. The predicted molar refractivity (Wildman–Crippen MR) is 87.0 cm³/mol. The second kappa shape index (κ2) is 7.14. The summed E-state index contributed by atoms with van der Waals surface area (Å²) in [4.78, 5) is 2.36. The number of phenols is 1. The third-order valence-electron chi connectivity index (χ3n) is 4.26. The molecule has 1 aromatic carbocycles. The van der Waals surface area contributed by atoms with Gasteiger partial charge in [-0.25, -0.2) is 0 Å². The summed E-state index contributed by atoms with van der Waals surface area (Å²) >= 11 is 0. The van der Waals surface area contributed by atoms with Crippen molar-refractivity contribution < 1.29 is 9.84 Å². The van der Waals surface area contributed by atoms with Crippen molar-refractivity contribution in [1.82, 2.24) is 5.32 Å². The third-order valence-corrected chi connectivity index (χ3v) is 4.26. The summed E-state index contributed by atoms with van der Waals surface area (Å²) in [6.07, 6.45) is 1.28. The molecular weight excluding hydrogens is 264 g/mol. The van der Waals surface area contributed by atoms with Crippen LogP contribution in [0.1, 0.15) is 45.7 Å². The van der Waals surface area contributed by atoms with Crippen molar-refractivity contribution in [1.29, 1.82) is 0 Å². The smallest absolute Gasteiger partial charge is 0.122 e. The van der Waals surface area contributed by atoms with E-state index in [0.29, 0.717) is 11.8 Å². The van der Waals surface area contributed by atoms with E-state index in [-0.39, 0.29) is 12.1 Å². The number of morpholine rings is 1. The maximum absolute atomic E-state index is 10.3. The number of nitrogens with one attached hydrogen (secondary N) is 1. The van der Waals surface area contributed by atoms with Crippen LogP contribution in [0.3, 0.4) is 0 Å². The van der Waals surface area contributed by atoms with Crippen LogP contribution < -0.4 is 10.2 Å². The summed E-state index contributed by atoms with van der Waals surface area (Å²) in [7, 11) is 0. The zero-order valence-electron chi connectivity index (χ0n) is 13.6. The zero-order chi connectivity index (χ0) is 15.4. The quantitative estimate of drug-likeness (QED) is 0.875. The molecule has 1 aliphatic rings. The Balaban J connectivity index is 2.21. The molecule has 3 unspecified atom stereocenters. The number of aromatic hydroxyl groups is 1. The van der Waals surface area contributed by atoms with Crippen LogP contribution in [0.2, 0.25) is 0 Å². The van der Waals surface area contributed by atoms with Crippen LogP contribution in [-0.4, -0.2) is 36.9 Å². The minimum Gasteiger partial charge on any atom is -0.508 e. The first-order valence-corrected chi connectivity index (χ1v) is 8.01. The monoisotopic (exact) mass is 292 g/mol. The molecule has 4 heteroatoms. The van der Waals surface area contributed by atoms with Gasteiger partial charge in [-0.3, -0.25) is 0 Å². The summed E-state index contributed by atoms with van der Waals surface area (Å²) in [5, 5.41) is 13.7. The highest BCUT2D eigenvalue weighted by Gasteiger charge is 2.26. The minimum absolute atomic E-state index is 0.162. The lowest BCUT2D eigenvalue weighted by atomic mass is 10.0. The second-order valence-electron chi connectivity index (χ2n) is 5.88. The molecule has 118 valence electrons. The molecule has 0 spiro atoms. The summed E-state index contributed by atoms with van der Waals surface area (Å²) in [6.45, 7) is 10.9. The van der Waals surface area contributed by atoms with E-state index in [0.717, 1.165) is 37.4 Å². The fourth-order valence-electron chi connectivity index (χ4n) is 2.99. The van der Waals surface area contributed by atoms with Crippen LogP contribution in [0, 0.1) is 0 Å². The highest BCUT2D eigenvalue weighted by Crippen LogP contribution is 2.31. The number of hydrogen-bond donors (Lipinski definition) is 2. The number of ether oxygens (including phenoxy) is 1. The topological polar surface area (TPSA) is 44.7 Å². The standard InChI is InChI=1S/C17H28N2O2/c1-5-14-11-21-12(3)10-19(14)15-7-8-16(17(20)9-15)13(4)18-6-2/h7-9,12-14,18,20H,5-6,10-11H2,1-4H3. The van der Waals surface area contributed by atoms with Gasteiger partial charge in [0, 0.05) is 29.9 Å². The Labute approximate surface area is 128 Å². The molecule has 4 nitrogen and oxygen atoms in total. The van der Waals surface area contributed by atoms with Gasteiger partial charge in [0.2, 0.25) is 0 Å². The minimum atomic E-state index is 0.162. The average Bonchev–Trinajstić information content (AvgIpc) is 2.47. The van der Waals surface area contributed by atoms with Gasteiger partial charge in [-0.1, -0.05) is 19.9 Å². The Morgan fingerprint density at radius 3 is 2.81 bits per heavy atom. The van der Waals surface area contributed by atoms with Gasteiger partial charge in [0.15, 0.2) is 0 Å². The zero-order valence-corrected chi connectivity index (χ0v) is 13.6. The van der Waals surface area contributed by atoms with E-state index in [2.05, 4.69) is 44.0 Å². The largest absolute Gasteiger partial charge is 0.508 e. The normalized spacial score (nSPS) is 24.1. The van der Waals surface area contributed by atoms with Crippen molar-refractivity contribution in [3.8, 4) is 5.75 Å². The number of rotatable bonds is 5. The van der Waals surface area contributed by atoms with Crippen LogP contribution in [0.25, 0.3) is 0 Å². The fraction of sp³-hybridized carbons (Fsp3) is 0.647. The summed E-state index contributed by atoms with van der Waals surface area (Å²) in [5.41, 5.74) is 2.04. The molecule has 2 rings (SSSR count). The van der Waals surface area contributed by atoms with E-state index in [1.165, 1.54) is 0 Å². The van der Waals surface area contributed by atoms with Gasteiger partial charge >= 0.3 is 0 Å². The Kier molecular flexibility index (Phi) is 5.48. The van der Waals surface area contributed by atoms with Gasteiger partial charge < -0.3 is 20.1 Å². The fourth-order valence-corrected chi connectivity index (χ4v) is 2.99. The van der Waals surface area contributed by atoms with Crippen molar-refractivity contribution in [2.24, 2.45) is 0 Å². The van der Waals surface area contributed by atoms with Crippen molar-refractivity contribution >= 4 is 5.69 Å². The van der Waals surface area contributed by atoms with E-state index in [4.69, 9.17) is 4.74 Å². The van der Waals surface area contributed by atoms with E-state index in [1.807, 2.05) is 12.1 Å². The predicted octanol–water partition coefficient (Wildman–Crippen LogP) is 3.07. The Morgan fingerprint density at radius 2 is 2.19 bits per heavy atom. The first-order chi connectivity index (χ1) is 10.1. The first-order valence-electron chi connectivity index (χ1n) is 8.01. The molecule has 1 saturated heterocycles. The molecule has 0 aliphatic carbocycles.